The SMILES string of the molecule is CCCCNC(=O)CSc1nnc(-c2ccncc2)n1-c1ccc(Cl)cc1. The Kier molecular flexibility index (Phi) is 6.84. The zero-order chi connectivity index (χ0) is 19.1. The fourth-order valence-corrected chi connectivity index (χ4v) is 3.37. The molecular weight excluding hydrogens is 382 g/mol. The Morgan fingerprint density at radius 1 is 1.15 bits per heavy atom. The second kappa shape index (κ2) is 9.53. The molecular formula is C19H20ClN5OS. The topological polar surface area (TPSA) is 72.7 Å². The van der Waals surface area contributed by atoms with Gasteiger partial charge in [0.15, 0.2) is 11.0 Å². The highest BCUT2D eigenvalue weighted by Crippen LogP contribution is 2.28. The first-order valence-electron chi connectivity index (χ1n) is 8.70. The van der Waals surface area contributed by atoms with Crippen LogP contribution < -0.4 is 5.32 Å². The van der Waals surface area contributed by atoms with Crippen molar-refractivity contribution >= 4 is 29.3 Å². The number of carbonyl (C=O) groups is 1. The number of rotatable bonds is 8. The average Bonchev–Trinajstić information content (AvgIpc) is 3.12. The van der Waals surface area contributed by atoms with E-state index in [9.17, 15) is 4.79 Å². The predicted octanol–water partition coefficient (Wildman–Crippen LogP) is 3.99. The van der Waals surface area contributed by atoms with Gasteiger partial charge in [-0.25, -0.2) is 0 Å². The minimum Gasteiger partial charge on any atom is -0.355 e. The van der Waals surface area contributed by atoms with Crippen LogP contribution in [0.3, 0.4) is 0 Å². The number of hydrogen-bond acceptors (Lipinski definition) is 5. The number of hydrogen-bond donors (Lipinski definition) is 1. The summed E-state index contributed by atoms with van der Waals surface area (Å²) in [4.78, 5) is 16.1. The van der Waals surface area contributed by atoms with Crippen molar-refractivity contribution in [2.75, 3.05) is 12.3 Å². The van der Waals surface area contributed by atoms with Crippen LogP contribution in [0.25, 0.3) is 17.1 Å². The van der Waals surface area contributed by atoms with Gasteiger partial charge in [-0.1, -0.05) is 36.7 Å². The normalized spacial score (nSPS) is 10.7. The van der Waals surface area contributed by atoms with E-state index in [1.807, 2.05) is 41.0 Å². The first kappa shape index (κ1) is 19.4. The second-order valence-electron chi connectivity index (χ2n) is 5.85. The Balaban J connectivity index is 1.86. The number of thioether (sulfide) groups is 1. The van der Waals surface area contributed by atoms with Gasteiger partial charge in [0.2, 0.25) is 5.91 Å². The molecule has 0 spiro atoms. The third-order valence-corrected chi connectivity index (χ3v) is 5.02. The highest BCUT2D eigenvalue weighted by atomic mass is 35.5. The van der Waals surface area contributed by atoms with Crippen molar-refractivity contribution < 1.29 is 4.79 Å². The van der Waals surface area contributed by atoms with Crippen LogP contribution in [0, 0.1) is 0 Å². The van der Waals surface area contributed by atoms with E-state index in [-0.39, 0.29) is 11.7 Å². The maximum Gasteiger partial charge on any atom is 0.230 e. The Hall–Kier alpha value is -2.38. The zero-order valence-corrected chi connectivity index (χ0v) is 16.5. The van der Waals surface area contributed by atoms with Crippen LogP contribution in [0.15, 0.2) is 53.9 Å². The molecule has 0 bridgehead atoms. The molecule has 140 valence electrons. The molecule has 0 saturated heterocycles. The fourth-order valence-electron chi connectivity index (χ4n) is 2.46. The van der Waals surface area contributed by atoms with Crippen LogP contribution in [-0.2, 0) is 4.79 Å². The van der Waals surface area contributed by atoms with Crippen molar-refractivity contribution in [2.45, 2.75) is 24.9 Å². The number of aromatic nitrogens is 4. The van der Waals surface area contributed by atoms with Crippen LogP contribution in [0.1, 0.15) is 19.8 Å². The number of halogens is 1. The molecule has 0 aliphatic carbocycles. The molecule has 0 fully saturated rings. The Labute approximate surface area is 167 Å². The molecule has 0 atom stereocenters. The standard InChI is InChI=1S/C19H20ClN5OS/c1-2-3-10-22-17(26)13-27-19-24-23-18(14-8-11-21-12-9-14)25(19)16-6-4-15(20)5-7-16/h4-9,11-12H,2-3,10,13H2,1H3,(H,22,26). The molecule has 2 heterocycles. The van der Waals surface area contributed by atoms with Crippen molar-refractivity contribution in [3.63, 3.8) is 0 Å². The summed E-state index contributed by atoms with van der Waals surface area (Å²) in [6.45, 7) is 2.79. The number of nitrogens with one attached hydrogen (secondary N) is 1. The summed E-state index contributed by atoms with van der Waals surface area (Å²) in [6.07, 6.45) is 5.45. The van der Waals surface area contributed by atoms with Crippen molar-refractivity contribution in [1.82, 2.24) is 25.1 Å². The van der Waals surface area contributed by atoms with Crippen molar-refractivity contribution in [2.24, 2.45) is 0 Å². The van der Waals surface area contributed by atoms with Gasteiger partial charge in [-0.15, -0.1) is 10.2 Å². The van der Waals surface area contributed by atoms with Gasteiger partial charge in [-0.05, 0) is 42.8 Å². The molecule has 27 heavy (non-hydrogen) atoms. The lowest BCUT2D eigenvalue weighted by Crippen LogP contribution is -2.26. The van der Waals surface area contributed by atoms with E-state index in [2.05, 4.69) is 27.4 Å². The number of unbranched alkanes of at least 4 members (excludes halogenated alkanes) is 1. The van der Waals surface area contributed by atoms with E-state index in [4.69, 9.17) is 11.6 Å². The highest BCUT2D eigenvalue weighted by Gasteiger charge is 2.17. The van der Waals surface area contributed by atoms with Crippen LogP contribution in [0.5, 0.6) is 0 Å². The number of benzene rings is 1. The van der Waals surface area contributed by atoms with Crippen molar-refractivity contribution in [3.8, 4) is 17.1 Å². The molecule has 0 unspecified atom stereocenters. The first-order valence-corrected chi connectivity index (χ1v) is 10.1. The number of amides is 1. The van der Waals surface area contributed by atoms with Gasteiger partial charge < -0.3 is 5.32 Å². The molecule has 0 aliphatic rings. The van der Waals surface area contributed by atoms with E-state index in [0.717, 1.165) is 24.1 Å². The van der Waals surface area contributed by atoms with Gasteiger partial charge in [0.25, 0.3) is 0 Å². The maximum absolute atomic E-state index is 12.0. The third-order valence-electron chi connectivity index (χ3n) is 3.84. The van der Waals surface area contributed by atoms with Crippen LogP contribution >= 0.6 is 23.4 Å². The monoisotopic (exact) mass is 401 g/mol. The van der Waals surface area contributed by atoms with Crippen molar-refractivity contribution in [3.05, 3.63) is 53.8 Å². The Morgan fingerprint density at radius 2 is 1.89 bits per heavy atom. The average molecular weight is 402 g/mol. The molecule has 3 aromatic rings. The second-order valence-corrected chi connectivity index (χ2v) is 7.23. The predicted molar refractivity (Wildman–Crippen MR) is 108 cm³/mol. The summed E-state index contributed by atoms with van der Waals surface area (Å²) in [5.74, 6) is 0.962. The van der Waals surface area contributed by atoms with Gasteiger partial charge in [-0.3, -0.25) is 14.3 Å². The maximum atomic E-state index is 12.0. The van der Waals surface area contributed by atoms with Gasteiger partial charge in [0.05, 0.1) is 5.75 Å². The van der Waals surface area contributed by atoms with Gasteiger partial charge in [0, 0.05) is 35.2 Å². The Morgan fingerprint density at radius 3 is 2.59 bits per heavy atom. The van der Waals surface area contributed by atoms with Gasteiger partial charge in [0.1, 0.15) is 0 Å². The minimum atomic E-state index is -0.00966. The molecule has 1 N–H and O–H groups in total. The summed E-state index contributed by atoms with van der Waals surface area (Å²) in [5.41, 5.74) is 1.77. The summed E-state index contributed by atoms with van der Waals surface area (Å²) < 4.78 is 1.93. The minimum absolute atomic E-state index is 0.00966. The van der Waals surface area contributed by atoms with E-state index in [1.165, 1.54) is 11.8 Å². The lowest BCUT2D eigenvalue weighted by molar-refractivity contribution is -0.118. The summed E-state index contributed by atoms with van der Waals surface area (Å²) in [7, 11) is 0. The number of carbonyl (C=O) groups excluding carboxylic acids is 1. The molecule has 6 nitrogen and oxygen atoms in total. The zero-order valence-electron chi connectivity index (χ0n) is 14.9. The molecule has 0 saturated carbocycles. The molecule has 0 aliphatic heterocycles. The van der Waals surface area contributed by atoms with Crippen LogP contribution in [0.2, 0.25) is 5.02 Å². The highest BCUT2D eigenvalue weighted by molar-refractivity contribution is 7.99. The van der Waals surface area contributed by atoms with E-state index < -0.39 is 0 Å². The molecule has 1 amide bonds. The first-order chi connectivity index (χ1) is 13.2. The lowest BCUT2D eigenvalue weighted by atomic mass is 10.2. The number of nitrogens with zero attached hydrogens (tertiary/aromatic N) is 4. The summed E-state index contributed by atoms with van der Waals surface area (Å²) in [6, 6.07) is 11.2. The summed E-state index contributed by atoms with van der Waals surface area (Å²) in [5, 5.41) is 12.9. The Bertz CT molecular complexity index is 883. The molecule has 1 aromatic carbocycles. The molecule has 0 radical (unpaired) electrons. The van der Waals surface area contributed by atoms with Crippen LogP contribution in [-0.4, -0.2) is 38.0 Å². The lowest BCUT2D eigenvalue weighted by Gasteiger charge is -2.10. The summed E-state index contributed by atoms with van der Waals surface area (Å²) >= 11 is 7.38. The number of pyridine rings is 1. The van der Waals surface area contributed by atoms with E-state index in [0.29, 0.717) is 22.5 Å². The van der Waals surface area contributed by atoms with E-state index >= 15 is 0 Å². The van der Waals surface area contributed by atoms with Crippen LogP contribution in [0.4, 0.5) is 0 Å². The largest absolute Gasteiger partial charge is 0.355 e. The third kappa shape index (κ3) is 5.08. The fraction of sp³-hybridized carbons (Fsp3) is 0.263. The molecule has 3 rings (SSSR count). The van der Waals surface area contributed by atoms with E-state index in [1.54, 1.807) is 12.4 Å². The molecule has 2 aromatic heterocycles. The van der Waals surface area contributed by atoms with Crippen molar-refractivity contribution in [1.29, 1.82) is 0 Å². The smallest absolute Gasteiger partial charge is 0.230 e. The quantitative estimate of drug-likeness (QED) is 0.456. The van der Waals surface area contributed by atoms with Gasteiger partial charge >= 0.3 is 0 Å². The molecule has 8 heteroatoms. The van der Waals surface area contributed by atoms with Gasteiger partial charge in [-0.2, -0.15) is 0 Å².